The van der Waals surface area contributed by atoms with Gasteiger partial charge in [-0.2, -0.15) is 0 Å². The summed E-state index contributed by atoms with van der Waals surface area (Å²) in [5.74, 6) is 0. The van der Waals surface area contributed by atoms with E-state index in [0.717, 1.165) is 32.2 Å². The van der Waals surface area contributed by atoms with E-state index >= 15 is 0 Å². The first-order valence-electron chi connectivity index (χ1n) is 8.06. The zero-order chi connectivity index (χ0) is 14.9. The molecule has 0 bridgehead atoms. The van der Waals surface area contributed by atoms with Gasteiger partial charge >= 0.3 is 0 Å². The SMILES string of the molecule is CCCNC(CCc1ccccc1)c1ncccc1CC. The number of hydrogen-bond acceptors (Lipinski definition) is 2. The summed E-state index contributed by atoms with van der Waals surface area (Å²) in [4.78, 5) is 4.65. The summed E-state index contributed by atoms with van der Waals surface area (Å²) in [5.41, 5.74) is 3.98. The van der Waals surface area contributed by atoms with Gasteiger partial charge in [-0.3, -0.25) is 4.98 Å². The fourth-order valence-electron chi connectivity index (χ4n) is 2.67. The van der Waals surface area contributed by atoms with Gasteiger partial charge in [0.25, 0.3) is 0 Å². The minimum Gasteiger partial charge on any atom is -0.309 e. The first-order valence-corrected chi connectivity index (χ1v) is 8.06. The molecule has 1 heterocycles. The molecule has 0 spiro atoms. The molecule has 2 rings (SSSR count). The van der Waals surface area contributed by atoms with Crippen LogP contribution in [0.25, 0.3) is 0 Å². The van der Waals surface area contributed by atoms with E-state index in [4.69, 9.17) is 0 Å². The quantitative estimate of drug-likeness (QED) is 0.780. The van der Waals surface area contributed by atoms with Crippen LogP contribution in [-0.2, 0) is 12.8 Å². The molecule has 112 valence electrons. The maximum Gasteiger partial charge on any atom is 0.0605 e. The van der Waals surface area contributed by atoms with Crippen LogP contribution in [0.3, 0.4) is 0 Å². The molecule has 1 N–H and O–H groups in total. The smallest absolute Gasteiger partial charge is 0.0605 e. The minimum atomic E-state index is 0.348. The van der Waals surface area contributed by atoms with Crippen molar-refractivity contribution in [2.24, 2.45) is 0 Å². The van der Waals surface area contributed by atoms with Crippen molar-refractivity contribution in [2.45, 2.75) is 45.6 Å². The van der Waals surface area contributed by atoms with Crippen LogP contribution in [-0.4, -0.2) is 11.5 Å². The highest BCUT2D eigenvalue weighted by atomic mass is 14.9. The standard InChI is InChI=1S/C19H26N2/c1-3-14-20-18(13-12-16-9-6-5-7-10-16)19-17(4-2)11-8-15-21-19/h5-11,15,18,20H,3-4,12-14H2,1-2H3. The number of aromatic nitrogens is 1. The summed E-state index contributed by atoms with van der Waals surface area (Å²) in [7, 11) is 0. The van der Waals surface area contributed by atoms with Crippen LogP contribution in [0.5, 0.6) is 0 Å². The van der Waals surface area contributed by atoms with Gasteiger partial charge < -0.3 is 5.32 Å². The van der Waals surface area contributed by atoms with Gasteiger partial charge in [-0.15, -0.1) is 0 Å². The Hall–Kier alpha value is -1.67. The fraction of sp³-hybridized carbons (Fsp3) is 0.421. The van der Waals surface area contributed by atoms with Gasteiger partial charge in [0.1, 0.15) is 0 Å². The largest absolute Gasteiger partial charge is 0.309 e. The van der Waals surface area contributed by atoms with E-state index in [1.165, 1.54) is 16.8 Å². The Morgan fingerprint density at radius 1 is 1.05 bits per heavy atom. The normalized spacial score (nSPS) is 12.3. The molecule has 0 aliphatic rings. The van der Waals surface area contributed by atoms with E-state index in [-0.39, 0.29) is 0 Å². The molecule has 0 radical (unpaired) electrons. The van der Waals surface area contributed by atoms with Gasteiger partial charge in [0, 0.05) is 6.20 Å². The Morgan fingerprint density at radius 2 is 1.86 bits per heavy atom. The topological polar surface area (TPSA) is 24.9 Å². The second kappa shape index (κ2) is 8.58. The van der Waals surface area contributed by atoms with E-state index in [1.54, 1.807) is 0 Å². The van der Waals surface area contributed by atoms with Crippen LogP contribution in [0, 0.1) is 0 Å². The molecule has 1 unspecified atom stereocenters. The van der Waals surface area contributed by atoms with Gasteiger partial charge in [0.05, 0.1) is 11.7 Å². The molecule has 2 aromatic rings. The van der Waals surface area contributed by atoms with Crippen molar-refractivity contribution >= 4 is 0 Å². The molecule has 1 aromatic heterocycles. The first-order chi connectivity index (χ1) is 10.3. The molecule has 0 saturated carbocycles. The third kappa shape index (κ3) is 4.68. The second-order valence-corrected chi connectivity index (χ2v) is 5.43. The Labute approximate surface area is 128 Å². The lowest BCUT2D eigenvalue weighted by atomic mass is 9.98. The van der Waals surface area contributed by atoms with E-state index in [0.29, 0.717) is 6.04 Å². The van der Waals surface area contributed by atoms with Crippen LogP contribution < -0.4 is 5.32 Å². The number of benzene rings is 1. The number of pyridine rings is 1. The number of nitrogens with one attached hydrogen (secondary N) is 1. The summed E-state index contributed by atoms with van der Waals surface area (Å²) < 4.78 is 0. The highest BCUT2D eigenvalue weighted by Gasteiger charge is 2.15. The predicted octanol–water partition coefficient (Wildman–Crippen LogP) is 4.32. The van der Waals surface area contributed by atoms with E-state index in [1.807, 2.05) is 12.3 Å². The van der Waals surface area contributed by atoms with E-state index in [9.17, 15) is 0 Å². The highest BCUT2D eigenvalue weighted by molar-refractivity contribution is 5.23. The Kier molecular flexibility index (Phi) is 6.42. The molecule has 0 aliphatic carbocycles. The first kappa shape index (κ1) is 15.7. The van der Waals surface area contributed by atoms with E-state index in [2.05, 4.69) is 60.5 Å². The number of hydrogen-bond donors (Lipinski definition) is 1. The molecule has 2 nitrogen and oxygen atoms in total. The predicted molar refractivity (Wildman–Crippen MR) is 89.4 cm³/mol. The fourth-order valence-corrected chi connectivity index (χ4v) is 2.67. The molecule has 0 amide bonds. The summed E-state index contributed by atoms with van der Waals surface area (Å²) in [6.07, 6.45) is 6.28. The van der Waals surface area contributed by atoms with Gasteiger partial charge in [0.2, 0.25) is 0 Å². The molecule has 0 fully saturated rings. The number of nitrogens with zero attached hydrogens (tertiary/aromatic N) is 1. The lowest BCUT2D eigenvalue weighted by molar-refractivity contribution is 0.485. The monoisotopic (exact) mass is 282 g/mol. The molecule has 0 aliphatic heterocycles. The van der Waals surface area contributed by atoms with Gasteiger partial charge in [-0.1, -0.05) is 50.2 Å². The van der Waals surface area contributed by atoms with Crippen molar-refractivity contribution in [3.63, 3.8) is 0 Å². The van der Waals surface area contributed by atoms with Crippen LogP contribution in [0.2, 0.25) is 0 Å². The lowest BCUT2D eigenvalue weighted by Gasteiger charge is -2.20. The Bertz CT molecular complexity index is 522. The van der Waals surface area contributed by atoms with Crippen molar-refractivity contribution in [1.29, 1.82) is 0 Å². The lowest BCUT2D eigenvalue weighted by Crippen LogP contribution is -2.24. The third-order valence-electron chi connectivity index (χ3n) is 3.84. The van der Waals surface area contributed by atoms with Gasteiger partial charge in [-0.05, 0) is 49.4 Å². The summed E-state index contributed by atoms with van der Waals surface area (Å²) in [6.45, 7) is 5.45. The molecule has 21 heavy (non-hydrogen) atoms. The van der Waals surface area contributed by atoms with Crippen molar-refractivity contribution in [3.05, 3.63) is 65.5 Å². The molecule has 2 heteroatoms. The second-order valence-electron chi connectivity index (χ2n) is 5.43. The number of rotatable bonds is 8. The number of aryl methyl sites for hydroxylation is 2. The minimum absolute atomic E-state index is 0.348. The van der Waals surface area contributed by atoms with Crippen molar-refractivity contribution in [2.75, 3.05) is 6.54 Å². The van der Waals surface area contributed by atoms with Crippen molar-refractivity contribution in [3.8, 4) is 0 Å². The zero-order valence-electron chi connectivity index (χ0n) is 13.2. The van der Waals surface area contributed by atoms with E-state index < -0.39 is 0 Å². The van der Waals surface area contributed by atoms with Crippen molar-refractivity contribution in [1.82, 2.24) is 10.3 Å². The molecule has 1 atom stereocenters. The molecule has 0 saturated heterocycles. The maximum absolute atomic E-state index is 4.65. The Morgan fingerprint density at radius 3 is 2.57 bits per heavy atom. The molecular formula is C19H26N2. The molecule has 1 aromatic carbocycles. The Balaban J connectivity index is 2.10. The molecular weight excluding hydrogens is 256 g/mol. The average molecular weight is 282 g/mol. The van der Waals surface area contributed by atoms with Crippen LogP contribution in [0.1, 0.15) is 49.6 Å². The average Bonchev–Trinajstić information content (AvgIpc) is 2.56. The highest BCUT2D eigenvalue weighted by Crippen LogP contribution is 2.21. The van der Waals surface area contributed by atoms with Crippen LogP contribution >= 0.6 is 0 Å². The van der Waals surface area contributed by atoms with Crippen molar-refractivity contribution < 1.29 is 0 Å². The van der Waals surface area contributed by atoms with Gasteiger partial charge in [0.15, 0.2) is 0 Å². The zero-order valence-corrected chi connectivity index (χ0v) is 13.2. The summed E-state index contributed by atoms with van der Waals surface area (Å²) in [6, 6.07) is 15.3. The maximum atomic E-state index is 4.65. The third-order valence-corrected chi connectivity index (χ3v) is 3.84. The van der Waals surface area contributed by atoms with Gasteiger partial charge in [-0.25, -0.2) is 0 Å². The van der Waals surface area contributed by atoms with Crippen LogP contribution in [0.15, 0.2) is 48.7 Å². The summed E-state index contributed by atoms with van der Waals surface area (Å²) >= 11 is 0. The van der Waals surface area contributed by atoms with Crippen LogP contribution in [0.4, 0.5) is 0 Å². The summed E-state index contributed by atoms with van der Waals surface area (Å²) in [5, 5.41) is 3.67.